The van der Waals surface area contributed by atoms with Crippen LogP contribution in [0.1, 0.15) is 75.8 Å². The van der Waals surface area contributed by atoms with E-state index in [1.807, 2.05) is 6.07 Å². The molecule has 2 rings (SSSR count). The van der Waals surface area contributed by atoms with Gasteiger partial charge in [-0.1, -0.05) is 57.9 Å². The van der Waals surface area contributed by atoms with Crippen LogP contribution in [0.2, 0.25) is 0 Å². The fraction of sp³-hybridized carbons (Fsp3) is 0.667. The van der Waals surface area contributed by atoms with E-state index in [4.69, 9.17) is 5.73 Å². The van der Waals surface area contributed by atoms with Crippen molar-refractivity contribution in [3.8, 4) is 0 Å². The first kappa shape index (κ1) is 15.5. The maximum Gasteiger partial charge on any atom is 0.123 e. The Hall–Kier alpha value is -0.890. The second-order valence-corrected chi connectivity index (χ2v) is 6.33. The van der Waals surface area contributed by atoms with Gasteiger partial charge in [-0.3, -0.25) is 0 Å². The molecule has 0 aromatic heterocycles. The van der Waals surface area contributed by atoms with Crippen molar-refractivity contribution in [2.45, 2.75) is 76.7 Å². The molecule has 0 fully saturated rings. The summed E-state index contributed by atoms with van der Waals surface area (Å²) < 4.78 is 13.2. The zero-order chi connectivity index (χ0) is 14.4. The van der Waals surface area contributed by atoms with E-state index < -0.39 is 0 Å². The van der Waals surface area contributed by atoms with Gasteiger partial charge in [-0.05, 0) is 42.5 Å². The molecule has 20 heavy (non-hydrogen) atoms. The summed E-state index contributed by atoms with van der Waals surface area (Å²) in [7, 11) is 0. The molecule has 2 N–H and O–H groups in total. The third-order valence-electron chi connectivity index (χ3n) is 4.67. The predicted octanol–water partition coefficient (Wildman–Crippen LogP) is 5.07. The number of benzene rings is 1. The molecule has 2 heteroatoms. The normalized spacial score (nSPS) is 21.1. The molecule has 1 nitrogen and oxygen atoms in total. The molecule has 0 bridgehead atoms. The highest BCUT2D eigenvalue weighted by atomic mass is 19.1. The van der Waals surface area contributed by atoms with E-state index in [1.54, 1.807) is 12.1 Å². The minimum atomic E-state index is -0.202. The average Bonchev–Trinajstić information content (AvgIpc) is 2.75. The summed E-state index contributed by atoms with van der Waals surface area (Å²) in [6.45, 7) is 2.25. The highest BCUT2D eigenvalue weighted by Crippen LogP contribution is 2.38. The van der Waals surface area contributed by atoms with E-state index in [0.717, 1.165) is 24.8 Å². The molecule has 0 heterocycles. The third kappa shape index (κ3) is 3.82. The van der Waals surface area contributed by atoms with Crippen molar-refractivity contribution >= 4 is 0 Å². The zero-order valence-corrected chi connectivity index (χ0v) is 12.8. The Morgan fingerprint density at radius 3 is 2.55 bits per heavy atom. The molecule has 0 radical (unpaired) electrons. The number of rotatable bonds is 8. The molecule has 1 aromatic rings. The summed E-state index contributed by atoms with van der Waals surface area (Å²) in [4.78, 5) is 0. The van der Waals surface area contributed by atoms with Crippen molar-refractivity contribution in [2.75, 3.05) is 0 Å². The van der Waals surface area contributed by atoms with Crippen LogP contribution in [0.15, 0.2) is 18.2 Å². The maximum absolute atomic E-state index is 13.2. The topological polar surface area (TPSA) is 26.0 Å². The number of hydrogen-bond donors (Lipinski definition) is 1. The van der Waals surface area contributed by atoms with Gasteiger partial charge in [-0.15, -0.1) is 0 Å². The standard InChI is InChI=1S/C18H28FN/c1-2-3-4-5-6-7-8-12-18(20)13-11-15-14-16(19)9-10-17(15)18/h9-10,14H,2-8,11-13,20H2,1H3. The minimum Gasteiger partial charge on any atom is -0.321 e. The molecular formula is C18H28FN. The van der Waals surface area contributed by atoms with Crippen LogP contribution < -0.4 is 5.73 Å². The van der Waals surface area contributed by atoms with Crippen LogP contribution in [-0.2, 0) is 12.0 Å². The van der Waals surface area contributed by atoms with Gasteiger partial charge >= 0.3 is 0 Å². The van der Waals surface area contributed by atoms with E-state index in [1.165, 1.54) is 50.5 Å². The van der Waals surface area contributed by atoms with Gasteiger partial charge in [0.25, 0.3) is 0 Å². The Balaban J connectivity index is 1.77. The SMILES string of the molecule is CCCCCCCCCC1(N)CCc2cc(F)ccc21. The van der Waals surface area contributed by atoms with Crippen LogP contribution >= 0.6 is 0 Å². The lowest BCUT2D eigenvalue weighted by atomic mass is 9.87. The highest BCUT2D eigenvalue weighted by molar-refractivity contribution is 5.38. The predicted molar refractivity (Wildman–Crippen MR) is 83.2 cm³/mol. The van der Waals surface area contributed by atoms with Crippen molar-refractivity contribution in [3.05, 3.63) is 35.1 Å². The number of hydrogen-bond acceptors (Lipinski definition) is 1. The Kier molecular flexibility index (Phi) is 5.59. The number of fused-ring (bicyclic) bond motifs is 1. The second-order valence-electron chi connectivity index (χ2n) is 6.33. The van der Waals surface area contributed by atoms with Crippen LogP contribution in [0.25, 0.3) is 0 Å². The molecule has 0 spiro atoms. The van der Waals surface area contributed by atoms with Gasteiger partial charge in [0.2, 0.25) is 0 Å². The van der Waals surface area contributed by atoms with Gasteiger partial charge in [0.05, 0.1) is 0 Å². The van der Waals surface area contributed by atoms with Crippen molar-refractivity contribution in [1.29, 1.82) is 0 Å². The smallest absolute Gasteiger partial charge is 0.123 e. The molecule has 0 saturated carbocycles. The largest absolute Gasteiger partial charge is 0.321 e. The Bertz CT molecular complexity index is 429. The number of aryl methyl sites for hydroxylation is 1. The monoisotopic (exact) mass is 277 g/mol. The van der Waals surface area contributed by atoms with E-state index in [9.17, 15) is 4.39 Å². The lowest BCUT2D eigenvalue weighted by Crippen LogP contribution is -2.33. The Morgan fingerprint density at radius 2 is 1.80 bits per heavy atom. The van der Waals surface area contributed by atoms with Crippen LogP contribution in [-0.4, -0.2) is 0 Å². The molecule has 112 valence electrons. The van der Waals surface area contributed by atoms with Crippen LogP contribution in [0.4, 0.5) is 4.39 Å². The first-order valence-electron chi connectivity index (χ1n) is 8.23. The highest BCUT2D eigenvalue weighted by Gasteiger charge is 2.34. The maximum atomic E-state index is 13.2. The van der Waals surface area contributed by atoms with Crippen LogP contribution in [0.3, 0.4) is 0 Å². The first-order valence-corrected chi connectivity index (χ1v) is 8.23. The Morgan fingerprint density at radius 1 is 1.10 bits per heavy atom. The van der Waals surface area contributed by atoms with Gasteiger partial charge < -0.3 is 5.73 Å². The quantitative estimate of drug-likeness (QED) is 0.660. The molecule has 1 aliphatic rings. The minimum absolute atomic E-state index is 0.135. The lowest BCUT2D eigenvalue weighted by molar-refractivity contribution is 0.383. The van der Waals surface area contributed by atoms with Crippen molar-refractivity contribution in [3.63, 3.8) is 0 Å². The van der Waals surface area contributed by atoms with Gasteiger partial charge in [-0.2, -0.15) is 0 Å². The molecule has 1 aliphatic carbocycles. The summed E-state index contributed by atoms with van der Waals surface area (Å²) >= 11 is 0. The van der Waals surface area contributed by atoms with Crippen molar-refractivity contribution < 1.29 is 4.39 Å². The first-order chi connectivity index (χ1) is 9.65. The van der Waals surface area contributed by atoms with Gasteiger partial charge in [-0.25, -0.2) is 4.39 Å². The van der Waals surface area contributed by atoms with Crippen LogP contribution in [0.5, 0.6) is 0 Å². The lowest BCUT2D eigenvalue weighted by Gasteiger charge is -2.25. The summed E-state index contributed by atoms with van der Waals surface area (Å²) in [5, 5.41) is 0. The van der Waals surface area contributed by atoms with Crippen LogP contribution in [0, 0.1) is 5.82 Å². The fourth-order valence-corrected chi connectivity index (χ4v) is 3.40. The fourth-order valence-electron chi connectivity index (χ4n) is 3.40. The zero-order valence-electron chi connectivity index (χ0n) is 12.8. The second kappa shape index (κ2) is 7.21. The van der Waals surface area contributed by atoms with E-state index in [-0.39, 0.29) is 11.4 Å². The molecule has 1 aromatic carbocycles. The van der Waals surface area contributed by atoms with E-state index in [0.29, 0.717) is 0 Å². The molecule has 1 unspecified atom stereocenters. The van der Waals surface area contributed by atoms with Crippen molar-refractivity contribution in [1.82, 2.24) is 0 Å². The Labute approximate surface area is 122 Å². The number of halogens is 1. The molecule has 0 amide bonds. The molecular weight excluding hydrogens is 249 g/mol. The molecule has 0 saturated heterocycles. The van der Waals surface area contributed by atoms with Gasteiger partial charge in [0.1, 0.15) is 5.82 Å². The summed E-state index contributed by atoms with van der Waals surface area (Å²) in [5.74, 6) is -0.135. The van der Waals surface area contributed by atoms with E-state index >= 15 is 0 Å². The molecule has 1 atom stereocenters. The summed E-state index contributed by atoms with van der Waals surface area (Å²) in [6.07, 6.45) is 12.1. The summed E-state index contributed by atoms with van der Waals surface area (Å²) in [5.41, 5.74) is 8.66. The number of nitrogens with two attached hydrogens (primary N) is 1. The van der Waals surface area contributed by atoms with Gasteiger partial charge in [0.15, 0.2) is 0 Å². The third-order valence-corrected chi connectivity index (χ3v) is 4.67. The van der Waals surface area contributed by atoms with E-state index in [2.05, 4.69) is 6.92 Å². The summed E-state index contributed by atoms with van der Waals surface area (Å²) in [6, 6.07) is 5.12. The van der Waals surface area contributed by atoms with Gasteiger partial charge in [0, 0.05) is 5.54 Å². The number of unbranched alkanes of at least 4 members (excludes halogenated alkanes) is 6. The van der Waals surface area contributed by atoms with Crippen molar-refractivity contribution in [2.24, 2.45) is 5.73 Å². The molecule has 0 aliphatic heterocycles. The average molecular weight is 277 g/mol.